The second-order valence-electron chi connectivity index (χ2n) is 5.46. The van der Waals surface area contributed by atoms with Gasteiger partial charge in [-0.05, 0) is 36.8 Å². The van der Waals surface area contributed by atoms with Gasteiger partial charge in [0.1, 0.15) is 5.75 Å². The van der Waals surface area contributed by atoms with E-state index in [1.54, 1.807) is 7.11 Å². The number of nitrogens with one attached hydrogen (secondary N) is 1. The molecular weight excluding hydrogens is 252 g/mol. The number of amides is 2. The molecule has 0 spiro atoms. The lowest BCUT2D eigenvalue weighted by molar-refractivity contribution is 0.174. The Kier molecular flexibility index (Phi) is 5.27. The van der Waals surface area contributed by atoms with Gasteiger partial charge in [-0.2, -0.15) is 0 Å². The van der Waals surface area contributed by atoms with Crippen molar-refractivity contribution in [3.8, 4) is 5.75 Å². The molecular formula is C16H24N2O2. The first-order chi connectivity index (χ1) is 9.70. The monoisotopic (exact) mass is 276 g/mol. The largest absolute Gasteiger partial charge is 0.496 e. The van der Waals surface area contributed by atoms with E-state index in [0.29, 0.717) is 6.54 Å². The number of hydrogen-bond acceptors (Lipinski definition) is 2. The summed E-state index contributed by atoms with van der Waals surface area (Å²) < 4.78 is 5.31. The summed E-state index contributed by atoms with van der Waals surface area (Å²) in [6.07, 6.45) is 3.01. The number of para-hydroxylation sites is 1. The molecule has 110 valence electrons. The summed E-state index contributed by atoms with van der Waals surface area (Å²) >= 11 is 0. The predicted octanol–water partition coefficient (Wildman–Crippen LogP) is 2.68. The van der Waals surface area contributed by atoms with Crippen LogP contribution in [-0.4, -0.2) is 37.7 Å². The quantitative estimate of drug-likeness (QED) is 0.918. The Morgan fingerprint density at radius 2 is 2.05 bits per heavy atom. The van der Waals surface area contributed by atoms with Crippen LogP contribution in [0.5, 0.6) is 5.75 Å². The molecule has 1 fully saturated rings. The number of nitrogens with zero attached hydrogens (tertiary/aromatic N) is 1. The fourth-order valence-corrected chi connectivity index (χ4v) is 2.54. The minimum atomic E-state index is 0.0618. The molecule has 1 aromatic rings. The SMILES string of the molecule is COc1ccccc1CCNC(=O)N1CCC(C)CC1. The van der Waals surface area contributed by atoms with Gasteiger partial charge in [0, 0.05) is 19.6 Å². The van der Waals surface area contributed by atoms with E-state index in [1.807, 2.05) is 29.2 Å². The standard InChI is InChI=1S/C16H24N2O2/c1-13-8-11-18(12-9-13)16(19)17-10-7-14-5-3-4-6-15(14)20-2/h3-6,13H,7-12H2,1-2H3,(H,17,19). The van der Waals surface area contributed by atoms with Crippen molar-refractivity contribution in [3.05, 3.63) is 29.8 Å². The maximum absolute atomic E-state index is 12.0. The molecule has 1 aliphatic rings. The van der Waals surface area contributed by atoms with Gasteiger partial charge in [0.2, 0.25) is 0 Å². The van der Waals surface area contributed by atoms with Crippen LogP contribution in [0.1, 0.15) is 25.3 Å². The van der Waals surface area contributed by atoms with Crippen LogP contribution in [0.2, 0.25) is 0 Å². The highest BCUT2D eigenvalue weighted by molar-refractivity contribution is 5.74. The lowest BCUT2D eigenvalue weighted by Gasteiger charge is -2.30. The Labute approximate surface area is 121 Å². The number of piperidine rings is 1. The Balaban J connectivity index is 1.76. The van der Waals surface area contributed by atoms with E-state index in [0.717, 1.165) is 49.6 Å². The van der Waals surface area contributed by atoms with Crippen LogP contribution in [0, 0.1) is 5.92 Å². The normalized spacial score (nSPS) is 16.0. The molecule has 2 amide bonds. The van der Waals surface area contributed by atoms with E-state index in [-0.39, 0.29) is 6.03 Å². The minimum absolute atomic E-state index is 0.0618. The molecule has 0 radical (unpaired) electrons. The van der Waals surface area contributed by atoms with Gasteiger partial charge in [0.05, 0.1) is 7.11 Å². The first-order valence-electron chi connectivity index (χ1n) is 7.35. The van der Waals surface area contributed by atoms with Gasteiger partial charge in [0.15, 0.2) is 0 Å². The fourth-order valence-electron chi connectivity index (χ4n) is 2.54. The van der Waals surface area contributed by atoms with Gasteiger partial charge in [0.25, 0.3) is 0 Å². The summed E-state index contributed by atoms with van der Waals surface area (Å²) in [7, 11) is 1.67. The van der Waals surface area contributed by atoms with Crippen LogP contribution in [0.3, 0.4) is 0 Å². The molecule has 1 aromatic carbocycles. The smallest absolute Gasteiger partial charge is 0.317 e. The topological polar surface area (TPSA) is 41.6 Å². The Morgan fingerprint density at radius 3 is 2.75 bits per heavy atom. The molecule has 1 heterocycles. The van der Waals surface area contributed by atoms with E-state index in [2.05, 4.69) is 12.2 Å². The van der Waals surface area contributed by atoms with Crippen LogP contribution < -0.4 is 10.1 Å². The van der Waals surface area contributed by atoms with Crippen molar-refractivity contribution in [1.29, 1.82) is 0 Å². The first kappa shape index (κ1) is 14.7. The highest BCUT2D eigenvalue weighted by atomic mass is 16.5. The Morgan fingerprint density at radius 1 is 1.35 bits per heavy atom. The van der Waals surface area contributed by atoms with Crippen LogP contribution in [0.4, 0.5) is 4.79 Å². The van der Waals surface area contributed by atoms with Crippen molar-refractivity contribution in [2.75, 3.05) is 26.7 Å². The molecule has 4 heteroatoms. The third-order valence-corrected chi connectivity index (χ3v) is 3.93. The highest BCUT2D eigenvalue weighted by Gasteiger charge is 2.19. The summed E-state index contributed by atoms with van der Waals surface area (Å²) in [5.74, 6) is 1.63. The van der Waals surface area contributed by atoms with Crippen molar-refractivity contribution in [2.24, 2.45) is 5.92 Å². The summed E-state index contributed by atoms with van der Waals surface area (Å²) in [5, 5.41) is 3.00. The molecule has 0 atom stereocenters. The van der Waals surface area contributed by atoms with Gasteiger partial charge < -0.3 is 15.0 Å². The molecule has 0 aliphatic carbocycles. The third kappa shape index (κ3) is 3.89. The molecule has 0 aromatic heterocycles. The number of hydrogen-bond donors (Lipinski definition) is 1. The zero-order valence-corrected chi connectivity index (χ0v) is 12.4. The second-order valence-corrected chi connectivity index (χ2v) is 5.46. The number of ether oxygens (including phenoxy) is 1. The second kappa shape index (κ2) is 7.17. The molecule has 0 saturated carbocycles. The van der Waals surface area contributed by atoms with Crippen molar-refractivity contribution in [1.82, 2.24) is 10.2 Å². The van der Waals surface area contributed by atoms with Crippen molar-refractivity contribution >= 4 is 6.03 Å². The first-order valence-corrected chi connectivity index (χ1v) is 7.35. The zero-order valence-electron chi connectivity index (χ0n) is 12.4. The average molecular weight is 276 g/mol. The molecule has 1 N–H and O–H groups in total. The number of urea groups is 1. The Bertz CT molecular complexity index is 440. The van der Waals surface area contributed by atoms with Gasteiger partial charge >= 0.3 is 6.03 Å². The van der Waals surface area contributed by atoms with Crippen molar-refractivity contribution < 1.29 is 9.53 Å². The van der Waals surface area contributed by atoms with Crippen molar-refractivity contribution in [2.45, 2.75) is 26.2 Å². The summed E-state index contributed by atoms with van der Waals surface area (Å²) in [6, 6.07) is 7.99. The van der Waals surface area contributed by atoms with E-state index in [9.17, 15) is 4.79 Å². The van der Waals surface area contributed by atoms with E-state index < -0.39 is 0 Å². The Hall–Kier alpha value is -1.71. The van der Waals surface area contributed by atoms with Gasteiger partial charge in [-0.1, -0.05) is 25.1 Å². The van der Waals surface area contributed by atoms with Crippen LogP contribution in [0.15, 0.2) is 24.3 Å². The van der Waals surface area contributed by atoms with E-state index in [4.69, 9.17) is 4.74 Å². The third-order valence-electron chi connectivity index (χ3n) is 3.93. The number of carbonyl (C=O) groups excluding carboxylic acids is 1. The summed E-state index contributed by atoms with van der Waals surface area (Å²) in [5.41, 5.74) is 1.13. The van der Waals surface area contributed by atoms with Gasteiger partial charge in [-0.3, -0.25) is 0 Å². The number of benzene rings is 1. The molecule has 2 rings (SSSR count). The number of rotatable bonds is 4. The maximum Gasteiger partial charge on any atom is 0.317 e. The molecule has 20 heavy (non-hydrogen) atoms. The summed E-state index contributed by atoms with van der Waals surface area (Å²) in [6.45, 7) is 4.64. The highest BCUT2D eigenvalue weighted by Crippen LogP contribution is 2.18. The van der Waals surface area contributed by atoms with Crippen molar-refractivity contribution in [3.63, 3.8) is 0 Å². The van der Waals surface area contributed by atoms with E-state index >= 15 is 0 Å². The van der Waals surface area contributed by atoms with Gasteiger partial charge in [-0.25, -0.2) is 4.79 Å². The van der Waals surface area contributed by atoms with Crippen LogP contribution in [-0.2, 0) is 6.42 Å². The lowest BCUT2D eigenvalue weighted by atomic mass is 10.00. The average Bonchev–Trinajstić information content (AvgIpc) is 2.48. The summed E-state index contributed by atoms with van der Waals surface area (Å²) in [4.78, 5) is 14.0. The van der Waals surface area contributed by atoms with Crippen LogP contribution >= 0.6 is 0 Å². The number of carbonyl (C=O) groups is 1. The minimum Gasteiger partial charge on any atom is -0.496 e. The molecule has 4 nitrogen and oxygen atoms in total. The van der Waals surface area contributed by atoms with E-state index in [1.165, 1.54) is 0 Å². The van der Waals surface area contributed by atoms with Gasteiger partial charge in [-0.15, -0.1) is 0 Å². The zero-order chi connectivity index (χ0) is 14.4. The molecule has 0 unspecified atom stereocenters. The van der Waals surface area contributed by atoms with Crippen LogP contribution in [0.25, 0.3) is 0 Å². The number of methoxy groups -OCH3 is 1. The molecule has 0 bridgehead atoms. The molecule has 1 saturated heterocycles. The number of likely N-dealkylation sites (tertiary alicyclic amines) is 1. The maximum atomic E-state index is 12.0. The fraction of sp³-hybridized carbons (Fsp3) is 0.562. The molecule has 1 aliphatic heterocycles. The predicted molar refractivity (Wildman–Crippen MR) is 80.1 cm³/mol. The lowest BCUT2D eigenvalue weighted by Crippen LogP contribution is -2.44.